The van der Waals surface area contributed by atoms with Crippen molar-refractivity contribution in [3.05, 3.63) is 58.6 Å². The van der Waals surface area contributed by atoms with E-state index in [1.54, 1.807) is 24.3 Å². The smallest absolute Gasteiger partial charge is 0.453 e. The molecule has 0 saturated heterocycles. The molecular formula is C34H48ClNO7. The topological polar surface area (TPSA) is 103 Å². The van der Waals surface area contributed by atoms with Gasteiger partial charge in [-0.05, 0) is 61.6 Å². The number of esters is 2. The van der Waals surface area contributed by atoms with Crippen molar-refractivity contribution < 1.29 is 33.6 Å². The van der Waals surface area contributed by atoms with Gasteiger partial charge < -0.3 is 29.4 Å². The highest BCUT2D eigenvalue weighted by atomic mass is 35.5. The lowest BCUT2D eigenvalue weighted by molar-refractivity contribution is -0.202. The maximum absolute atomic E-state index is 13.3. The number of hydrogen-bond acceptors (Lipinski definition) is 8. The number of carbonyl (C=O) groups is 2. The van der Waals surface area contributed by atoms with Gasteiger partial charge in [-0.3, -0.25) is 0 Å². The first-order chi connectivity index (χ1) is 20.8. The number of benzene rings is 2. The van der Waals surface area contributed by atoms with Gasteiger partial charge in [-0.25, -0.2) is 9.59 Å². The standard InChI is InChI=1S/C34H48ClNO7/c1-4-6-8-10-12-19-40-32(38)34(33(39)41-20-13-11-9-7-5-2)42-30-18-17-26(22-31(30)43-34)21-25(3)36-24-29(37)27-15-14-16-28(35)23-27/h14-18,22-23,25,29,36-37H,4-13,19-21,24H2,1-3H3. The van der Waals surface area contributed by atoms with Crippen LogP contribution < -0.4 is 14.8 Å². The number of aliphatic hydroxyl groups excluding tert-OH is 1. The second-order valence-electron chi connectivity index (χ2n) is 11.3. The highest BCUT2D eigenvalue weighted by Gasteiger charge is 2.59. The zero-order chi connectivity index (χ0) is 31.1. The normalized spacial score (nSPS) is 14.7. The van der Waals surface area contributed by atoms with Crippen molar-refractivity contribution in [1.29, 1.82) is 0 Å². The summed E-state index contributed by atoms with van der Waals surface area (Å²) >= 11 is 6.05. The summed E-state index contributed by atoms with van der Waals surface area (Å²) in [5.41, 5.74) is 1.65. The number of halogens is 1. The van der Waals surface area contributed by atoms with Gasteiger partial charge in [0.1, 0.15) is 0 Å². The van der Waals surface area contributed by atoms with Gasteiger partial charge in [0.2, 0.25) is 0 Å². The second-order valence-corrected chi connectivity index (χ2v) is 11.7. The van der Waals surface area contributed by atoms with Crippen molar-refractivity contribution >= 4 is 23.5 Å². The van der Waals surface area contributed by atoms with Gasteiger partial charge in [0, 0.05) is 17.6 Å². The van der Waals surface area contributed by atoms with Crippen LogP contribution in [0.25, 0.3) is 0 Å². The molecule has 1 heterocycles. The van der Waals surface area contributed by atoms with Crippen LogP contribution in [-0.4, -0.2) is 48.6 Å². The fourth-order valence-corrected chi connectivity index (χ4v) is 5.12. The molecule has 1 aliphatic rings. The summed E-state index contributed by atoms with van der Waals surface area (Å²) in [6.45, 7) is 6.99. The van der Waals surface area contributed by atoms with E-state index >= 15 is 0 Å². The molecule has 3 rings (SSSR count). The first-order valence-electron chi connectivity index (χ1n) is 15.8. The highest BCUT2D eigenvalue weighted by molar-refractivity contribution is 6.30. The minimum atomic E-state index is -2.32. The van der Waals surface area contributed by atoms with Crippen molar-refractivity contribution in [2.24, 2.45) is 0 Å². The minimum Gasteiger partial charge on any atom is -0.459 e. The molecule has 9 heteroatoms. The van der Waals surface area contributed by atoms with E-state index in [2.05, 4.69) is 19.2 Å². The molecule has 0 amide bonds. The quantitative estimate of drug-likeness (QED) is 0.0922. The van der Waals surface area contributed by atoms with Crippen LogP contribution in [0.15, 0.2) is 42.5 Å². The van der Waals surface area contributed by atoms with E-state index in [9.17, 15) is 14.7 Å². The van der Waals surface area contributed by atoms with Gasteiger partial charge in [-0.15, -0.1) is 0 Å². The molecule has 43 heavy (non-hydrogen) atoms. The molecule has 0 spiro atoms. The first-order valence-corrected chi connectivity index (χ1v) is 16.2. The van der Waals surface area contributed by atoms with Crippen LogP contribution in [0, 0.1) is 0 Å². The number of aliphatic hydroxyl groups is 1. The zero-order valence-electron chi connectivity index (χ0n) is 25.9. The molecule has 238 valence electrons. The largest absolute Gasteiger partial charge is 0.459 e. The van der Waals surface area contributed by atoms with Crippen molar-refractivity contribution in [1.82, 2.24) is 5.32 Å². The molecule has 8 nitrogen and oxygen atoms in total. The molecule has 0 bridgehead atoms. The SMILES string of the molecule is CCCCCCCOC(=O)C1(C(=O)OCCCCCCC)Oc2ccc(CC(C)NCC(O)c3cccc(Cl)c3)cc2O1. The van der Waals surface area contributed by atoms with Gasteiger partial charge in [0.25, 0.3) is 0 Å². The van der Waals surface area contributed by atoms with Gasteiger partial charge >= 0.3 is 17.7 Å². The van der Waals surface area contributed by atoms with Gasteiger partial charge in [-0.1, -0.05) is 95.0 Å². The molecule has 2 aromatic rings. The van der Waals surface area contributed by atoms with Crippen LogP contribution >= 0.6 is 11.6 Å². The second kappa shape index (κ2) is 18.1. The van der Waals surface area contributed by atoms with Crippen LogP contribution in [0.3, 0.4) is 0 Å². The van der Waals surface area contributed by atoms with E-state index in [0.29, 0.717) is 30.8 Å². The van der Waals surface area contributed by atoms with Crippen LogP contribution in [0.5, 0.6) is 11.5 Å². The lowest BCUT2D eigenvalue weighted by Crippen LogP contribution is -2.56. The molecule has 2 unspecified atom stereocenters. The van der Waals surface area contributed by atoms with E-state index in [0.717, 1.165) is 62.5 Å². The number of rotatable bonds is 20. The third-order valence-electron chi connectivity index (χ3n) is 7.45. The monoisotopic (exact) mass is 617 g/mol. The molecule has 2 aromatic carbocycles. The van der Waals surface area contributed by atoms with Crippen molar-refractivity contribution in [3.8, 4) is 11.5 Å². The van der Waals surface area contributed by atoms with Crippen LogP contribution in [0.1, 0.15) is 102 Å². The first kappa shape index (κ1) is 34.7. The predicted molar refractivity (Wildman–Crippen MR) is 167 cm³/mol. The summed E-state index contributed by atoms with van der Waals surface area (Å²) < 4.78 is 22.8. The maximum Gasteiger partial charge on any atom is 0.453 e. The zero-order valence-corrected chi connectivity index (χ0v) is 26.6. The lowest BCUT2D eigenvalue weighted by atomic mass is 10.1. The molecule has 0 aromatic heterocycles. The molecule has 0 fully saturated rings. The fraction of sp³-hybridized carbons (Fsp3) is 0.588. The van der Waals surface area contributed by atoms with Gasteiger partial charge in [0.15, 0.2) is 11.5 Å². The van der Waals surface area contributed by atoms with Crippen LogP contribution in [0.4, 0.5) is 0 Å². The minimum absolute atomic E-state index is 0.00862. The Morgan fingerprint density at radius 1 is 0.860 bits per heavy atom. The maximum atomic E-state index is 13.3. The van der Waals surface area contributed by atoms with Gasteiger partial charge in [-0.2, -0.15) is 0 Å². The predicted octanol–water partition coefficient (Wildman–Crippen LogP) is 7.09. The number of fused-ring (bicyclic) bond motifs is 1. The Kier molecular flexibility index (Phi) is 14.6. The molecule has 1 aliphatic heterocycles. The Bertz CT molecular complexity index is 1130. The fourth-order valence-electron chi connectivity index (χ4n) is 4.93. The van der Waals surface area contributed by atoms with Crippen molar-refractivity contribution in [2.75, 3.05) is 19.8 Å². The van der Waals surface area contributed by atoms with Crippen LogP contribution in [-0.2, 0) is 25.5 Å². The Morgan fingerprint density at radius 3 is 2.07 bits per heavy atom. The summed E-state index contributed by atoms with van der Waals surface area (Å²) in [7, 11) is 0. The van der Waals surface area contributed by atoms with E-state index in [4.69, 9.17) is 30.5 Å². The lowest BCUT2D eigenvalue weighted by Gasteiger charge is -2.23. The Morgan fingerprint density at radius 2 is 1.47 bits per heavy atom. The molecule has 2 atom stereocenters. The summed E-state index contributed by atoms with van der Waals surface area (Å²) in [6.07, 6.45) is 9.79. The van der Waals surface area contributed by atoms with Crippen LogP contribution in [0.2, 0.25) is 5.02 Å². The molecule has 0 saturated carbocycles. The molecular weight excluding hydrogens is 570 g/mol. The number of nitrogens with one attached hydrogen (secondary N) is 1. The summed E-state index contributed by atoms with van der Waals surface area (Å²) in [5, 5.41) is 14.4. The molecule has 0 aliphatic carbocycles. The van der Waals surface area contributed by atoms with Crippen molar-refractivity contribution in [3.63, 3.8) is 0 Å². The average Bonchev–Trinajstić information content (AvgIpc) is 3.39. The third-order valence-corrected chi connectivity index (χ3v) is 7.69. The highest BCUT2D eigenvalue weighted by Crippen LogP contribution is 2.41. The average molecular weight is 618 g/mol. The summed E-state index contributed by atoms with van der Waals surface area (Å²) in [6, 6.07) is 12.5. The third kappa shape index (κ3) is 10.7. The molecule has 2 N–H and O–H groups in total. The number of ether oxygens (including phenoxy) is 4. The summed E-state index contributed by atoms with van der Waals surface area (Å²) in [5.74, 6) is -3.56. The number of hydrogen-bond donors (Lipinski definition) is 2. The van der Waals surface area contributed by atoms with Gasteiger partial charge in [0.05, 0.1) is 19.3 Å². The van der Waals surface area contributed by atoms with E-state index in [1.807, 2.05) is 25.1 Å². The Labute approximate surface area is 261 Å². The van der Waals surface area contributed by atoms with E-state index in [1.165, 1.54) is 0 Å². The Balaban J connectivity index is 1.61. The van der Waals surface area contributed by atoms with Crippen molar-refractivity contribution in [2.45, 2.75) is 109 Å². The van der Waals surface area contributed by atoms with E-state index < -0.39 is 23.8 Å². The molecule has 0 radical (unpaired) electrons. The number of carbonyl (C=O) groups excluding carboxylic acids is 2. The Hall–Kier alpha value is -2.81. The summed E-state index contributed by atoms with van der Waals surface area (Å²) in [4.78, 5) is 26.5. The number of unbranched alkanes of at least 4 members (excludes halogenated alkanes) is 8. The van der Waals surface area contributed by atoms with E-state index in [-0.39, 0.29) is 30.8 Å².